The summed E-state index contributed by atoms with van der Waals surface area (Å²) in [5.74, 6) is 1.59. The Morgan fingerprint density at radius 1 is 1.00 bits per heavy atom. The maximum atomic E-state index is 12.7. The summed E-state index contributed by atoms with van der Waals surface area (Å²) in [4.78, 5) is 37.1. The Labute approximate surface area is 179 Å². The molecule has 160 valence electrons. The number of methoxy groups -OCH3 is 1. The van der Waals surface area contributed by atoms with Crippen molar-refractivity contribution < 1.29 is 18.8 Å². The first kappa shape index (κ1) is 20.5. The van der Waals surface area contributed by atoms with Gasteiger partial charge in [-0.3, -0.25) is 14.6 Å². The molecule has 3 heterocycles. The zero-order valence-corrected chi connectivity index (χ0v) is 17.2. The number of piperazine rings is 1. The van der Waals surface area contributed by atoms with Crippen molar-refractivity contribution in [3.63, 3.8) is 0 Å². The number of hydrogen-bond donors (Lipinski definition) is 0. The zero-order chi connectivity index (χ0) is 21.6. The Hall–Kier alpha value is -3.75. The van der Waals surface area contributed by atoms with Gasteiger partial charge in [-0.05, 0) is 36.4 Å². The van der Waals surface area contributed by atoms with Gasteiger partial charge in [-0.1, -0.05) is 5.16 Å². The van der Waals surface area contributed by atoms with Gasteiger partial charge in [0, 0.05) is 62.5 Å². The molecule has 2 amide bonds. The molecule has 1 aliphatic heterocycles. The molecule has 2 aromatic heterocycles. The number of nitrogens with zero attached hydrogens (tertiary/aromatic N) is 5. The largest absolute Gasteiger partial charge is 0.497 e. The third kappa shape index (κ3) is 4.88. The fraction of sp³-hybridized carbons (Fsp3) is 0.318. The standard InChI is InChI=1S/C22H23N5O4/c1-30-18-4-2-17(3-5-18)22(29)27-14-12-26(13-15-27)20(28)7-6-19-24-21(25-31-19)16-8-10-23-11-9-16/h2-5,8-11H,6-7,12-15H2,1H3. The van der Waals surface area contributed by atoms with Gasteiger partial charge in [0.1, 0.15) is 5.75 Å². The maximum absolute atomic E-state index is 12.7. The van der Waals surface area contributed by atoms with Crippen LogP contribution in [0.2, 0.25) is 0 Å². The summed E-state index contributed by atoms with van der Waals surface area (Å²) in [5.41, 5.74) is 1.43. The molecule has 0 saturated carbocycles. The van der Waals surface area contributed by atoms with Gasteiger partial charge in [-0.2, -0.15) is 4.98 Å². The summed E-state index contributed by atoms with van der Waals surface area (Å²) in [5, 5.41) is 3.96. The van der Waals surface area contributed by atoms with Crippen LogP contribution in [-0.2, 0) is 11.2 Å². The highest BCUT2D eigenvalue weighted by molar-refractivity contribution is 5.94. The molecular weight excluding hydrogens is 398 g/mol. The average molecular weight is 421 g/mol. The van der Waals surface area contributed by atoms with Crippen LogP contribution in [0.1, 0.15) is 22.7 Å². The average Bonchev–Trinajstić information content (AvgIpc) is 3.32. The molecule has 1 aromatic carbocycles. The normalized spacial score (nSPS) is 13.8. The number of ether oxygens (including phenoxy) is 1. The molecule has 3 aromatic rings. The molecule has 9 heteroatoms. The summed E-state index contributed by atoms with van der Waals surface area (Å²) in [7, 11) is 1.59. The molecule has 9 nitrogen and oxygen atoms in total. The van der Waals surface area contributed by atoms with E-state index in [-0.39, 0.29) is 18.2 Å². The fourth-order valence-corrected chi connectivity index (χ4v) is 3.42. The van der Waals surface area contributed by atoms with Crippen LogP contribution in [0, 0.1) is 0 Å². The molecule has 0 spiro atoms. The number of pyridine rings is 1. The predicted molar refractivity (Wildman–Crippen MR) is 111 cm³/mol. The van der Waals surface area contributed by atoms with Crippen LogP contribution in [0.4, 0.5) is 0 Å². The van der Waals surface area contributed by atoms with Gasteiger partial charge in [0.2, 0.25) is 17.6 Å². The Morgan fingerprint density at radius 3 is 2.35 bits per heavy atom. The molecule has 1 fully saturated rings. The molecule has 0 unspecified atom stereocenters. The number of carbonyl (C=O) groups excluding carboxylic acids is 2. The molecule has 0 bridgehead atoms. The van der Waals surface area contributed by atoms with Crippen molar-refractivity contribution in [2.75, 3.05) is 33.3 Å². The van der Waals surface area contributed by atoms with E-state index < -0.39 is 0 Å². The number of rotatable bonds is 6. The van der Waals surface area contributed by atoms with E-state index in [4.69, 9.17) is 9.26 Å². The van der Waals surface area contributed by atoms with E-state index in [1.54, 1.807) is 65.7 Å². The minimum Gasteiger partial charge on any atom is -0.497 e. The first-order chi connectivity index (χ1) is 15.1. The number of amides is 2. The van der Waals surface area contributed by atoms with E-state index in [1.165, 1.54) is 0 Å². The highest BCUT2D eigenvalue weighted by Crippen LogP contribution is 2.16. The number of hydrogen-bond acceptors (Lipinski definition) is 7. The van der Waals surface area contributed by atoms with Crippen molar-refractivity contribution in [3.05, 3.63) is 60.2 Å². The summed E-state index contributed by atoms with van der Waals surface area (Å²) in [6.07, 6.45) is 3.98. The van der Waals surface area contributed by atoms with Gasteiger partial charge in [0.25, 0.3) is 5.91 Å². The summed E-state index contributed by atoms with van der Waals surface area (Å²) >= 11 is 0. The quantitative estimate of drug-likeness (QED) is 0.600. The maximum Gasteiger partial charge on any atom is 0.253 e. The van der Waals surface area contributed by atoms with Gasteiger partial charge >= 0.3 is 0 Å². The number of aryl methyl sites for hydroxylation is 1. The monoisotopic (exact) mass is 421 g/mol. The summed E-state index contributed by atoms with van der Waals surface area (Å²) in [6, 6.07) is 10.6. The second-order valence-corrected chi connectivity index (χ2v) is 7.15. The molecule has 31 heavy (non-hydrogen) atoms. The van der Waals surface area contributed by atoms with E-state index in [0.717, 1.165) is 5.56 Å². The molecular formula is C22H23N5O4. The zero-order valence-electron chi connectivity index (χ0n) is 17.2. The molecule has 0 N–H and O–H groups in total. The molecule has 4 rings (SSSR count). The third-order valence-corrected chi connectivity index (χ3v) is 5.22. The minimum absolute atomic E-state index is 0.0141. The van der Waals surface area contributed by atoms with Crippen molar-refractivity contribution >= 4 is 11.8 Å². The first-order valence-corrected chi connectivity index (χ1v) is 10.1. The molecule has 0 atom stereocenters. The van der Waals surface area contributed by atoms with Crippen molar-refractivity contribution in [2.24, 2.45) is 0 Å². The minimum atomic E-state index is -0.0377. The van der Waals surface area contributed by atoms with Gasteiger partial charge < -0.3 is 19.1 Å². The Kier molecular flexibility index (Phi) is 6.21. The Balaban J connectivity index is 1.25. The Bertz CT molecular complexity index is 1030. The van der Waals surface area contributed by atoms with Crippen LogP contribution in [-0.4, -0.2) is 70.0 Å². The van der Waals surface area contributed by atoms with Gasteiger partial charge in [-0.25, -0.2) is 0 Å². The van der Waals surface area contributed by atoms with Crippen LogP contribution < -0.4 is 4.74 Å². The second kappa shape index (κ2) is 9.38. The SMILES string of the molecule is COc1ccc(C(=O)N2CCN(C(=O)CCc3nc(-c4ccncc4)no3)CC2)cc1. The van der Waals surface area contributed by atoms with E-state index in [1.807, 2.05) is 0 Å². The first-order valence-electron chi connectivity index (χ1n) is 10.1. The van der Waals surface area contributed by atoms with Crippen molar-refractivity contribution in [3.8, 4) is 17.1 Å². The Morgan fingerprint density at radius 2 is 1.68 bits per heavy atom. The van der Waals surface area contributed by atoms with Crippen molar-refractivity contribution in [1.29, 1.82) is 0 Å². The van der Waals surface area contributed by atoms with Gasteiger partial charge in [0.15, 0.2) is 0 Å². The predicted octanol–water partition coefficient (Wildman–Crippen LogP) is 2.06. The number of benzene rings is 1. The molecule has 0 radical (unpaired) electrons. The van der Waals surface area contributed by atoms with Gasteiger partial charge in [-0.15, -0.1) is 0 Å². The molecule has 1 aliphatic rings. The van der Waals surface area contributed by atoms with E-state index in [0.29, 0.717) is 55.6 Å². The van der Waals surface area contributed by atoms with Crippen LogP contribution >= 0.6 is 0 Å². The van der Waals surface area contributed by atoms with Gasteiger partial charge in [0.05, 0.1) is 7.11 Å². The van der Waals surface area contributed by atoms with E-state index in [2.05, 4.69) is 15.1 Å². The van der Waals surface area contributed by atoms with E-state index in [9.17, 15) is 9.59 Å². The van der Waals surface area contributed by atoms with E-state index >= 15 is 0 Å². The number of aromatic nitrogens is 3. The van der Waals surface area contributed by atoms with Crippen LogP contribution in [0.5, 0.6) is 5.75 Å². The summed E-state index contributed by atoms with van der Waals surface area (Å²) < 4.78 is 10.4. The molecule has 0 aliphatic carbocycles. The smallest absolute Gasteiger partial charge is 0.253 e. The lowest BCUT2D eigenvalue weighted by molar-refractivity contribution is -0.132. The highest BCUT2D eigenvalue weighted by Gasteiger charge is 2.25. The number of carbonyl (C=O) groups is 2. The topological polar surface area (TPSA) is 102 Å². The highest BCUT2D eigenvalue weighted by atomic mass is 16.5. The van der Waals surface area contributed by atoms with Crippen molar-refractivity contribution in [2.45, 2.75) is 12.8 Å². The molecule has 1 saturated heterocycles. The van der Waals surface area contributed by atoms with Crippen LogP contribution in [0.3, 0.4) is 0 Å². The lowest BCUT2D eigenvalue weighted by atomic mass is 10.1. The third-order valence-electron chi connectivity index (χ3n) is 5.22. The second-order valence-electron chi connectivity index (χ2n) is 7.15. The van der Waals surface area contributed by atoms with Crippen LogP contribution in [0.25, 0.3) is 11.4 Å². The summed E-state index contributed by atoms with van der Waals surface area (Å²) in [6.45, 7) is 2.02. The van der Waals surface area contributed by atoms with Crippen LogP contribution in [0.15, 0.2) is 53.3 Å². The lowest BCUT2D eigenvalue weighted by Crippen LogP contribution is -2.50. The fourth-order valence-electron chi connectivity index (χ4n) is 3.42. The van der Waals surface area contributed by atoms with Crippen molar-refractivity contribution in [1.82, 2.24) is 24.9 Å². The lowest BCUT2D eigenvalue weighted by Gasteiger charge is -2.34.